The molecule has 0 aromatic carbocycles. The Morgan fingerprint density at radius 2 is 1.55 bits per heavy atom. The number of alkyl halides is 3. The first kappa shape index (κ1) is 17.4. The molecule has 22 heavy (non-hydrogen) atoms. The van der Waals surface area contributed by atoms with Crippen LogP contribution in [0.3, 0.4) is 0 Å². The Kier molecular flexibility index (Phi) is 6.35. The predicted molar refractivity (Wildman–Crippen MR) is 78.7 cm³/mol. The van der Waals surface area contributed by atoms with Crippen molar-refractivity contribution >= 4 is 6.03 Å². The first-order valence-electron chi connectivity index (χ1n) is 8.28. The van der Waals surface area contributed by atoms with Crippen molar-refractivity contribution in [1.82, 2.24) is 15.5 Å². The van der Waals surface area contributed by atoms with Crippen LogP contribution in [0, 0.1) is 0 Å². The SMILES string of the molecule is O=C(NC1CCCCCCC1)N[C@H]1CCN(CC(F)(F)F)C1. The second kappa shape index (κ2) is 8.04. The highest BCUT2D eigenvalue weighted by Gasteiger charge is 2.34. The van der Waals surface area contributed by atoms with E-state index in [4.69, 9.17) is 0 Å². The fourth-order valence-corrected chi connectivity index (χ4v) is 3.36. The molecule has 2 N–H and O–H groups in total. The molecule has 2 aliphatic rings. The maximum absolute atomic E-state index is 12.3. The number of nitrogens with one attached hydrogen (secondary N) is 2. The predicted octanol–water partition coefficient (Wildman–Crippen LogP) is 3.04. The van der Waals surface area contributed by atoms with Crippen molar-refractivity contribution in [2.75, 3.05) is 19.6 Å². The van der Waals surface area contributed by atoms with Crippen LogP contribution in [0.15, 0.2) is 0 Å². The van der Waals surface area contributed by atoms with Gasteiger partial charge in [0.25, 0.3) is 0 Å². The zero-order chi connectivity index (χ0) is 16.0. The quantitative estimate of drug-likeness (QED) is 0.839. The van der Waals surface area contributed by atoms with Gasteiger partial charge in [-0.1, -0.05) is 32.1 Å². The maximum Gasteiger partial charge on any atom is 0.401 e. The van der Waals surface area contributed by atoms with Gasteiger partial charge in [-0.3, -0.25) is 4.90 Å². The summed E-state index contributed by atoms with van der Waals surface area (Å²) in [7, 11) is 0. The third kappa shape index (κ3) is 6.42. The molecule has 0 spiro atoms. The van der Waals surface area contributed by atoms with E-state index in [2.05, 4.69) is 10.6 Å². The number of amides is 2. The minimum Gasteiger partial charge on any atom is -0.335 e. The summed E-state index contributed by atoms with van der Waals surface area (Å²) in [5.41, 5.74) is 0. The van der Waals surface area contributed by atoms with Gasteiger partial charge in [0.05, 0.1) is 6.54 Å². The topological polar surface area (TPSA) is 44.4 Å². The summed E-state index contributed by atoms with van der Waals surface area (Å²) >= 11 is 0. The number of rotatable bonds is 3. The molecule has 2 rings (SSSR count). The van der Waals surface area contributed by atoms with E-state index >= 15 is 0 Å². The minimum atomic E-state index is -4.17. The maximum atomic E-state index is 12.3. The van der Waals surface area contributed by atoms with E-state index in [1.165, 1.54) is 24.2 Å². The fraction of sp³-hybridized carbons (Fsp3) is 0.933. The van der Waals surface area contributed by atoms with Gasteiger partial charge < -0.3 is 10.6 Å². The van der Waals surface area contributed by atoms with E-state index in [0.29, 0.717) is 13.0 Å². The highest BCUT2D eigenvalue weighted by Crippen LogP contribution is 2.20. The van der Waals surface area contributed by atoms with Crippen LogP contribution >= 0.6 is 0 Å². The second-order valence-corrected chi connectivity index (χ2v) is 6.50. The lowest BCUT2D eigenvalue weighted by Gasteiger charge is -2.23. The van der Waals surface area contributed by atoms with Crippen LogP contribution in [-0.4, -0.2) is 48.8 Å². The summed E-state index contributed by atoms with van der Waals surface area (Å²) in [5.74, 6) is 0. The zero-order valence-electron chi connectivity index (χ0n) is 12.9. The molecule has 2 amide bonds. The Bertz CT molecular complexity index is 354. The van der Waals surface area contributed by atoms with Crippen molar-refractivity contribution in [3.8, 4) is 0 Å². The highest BCUT2D eigenvalue weighted by atomic mass is 19.4. The van der Waals surface area contributed by atoms with Gasteiger partial charge in [-0.15, -0.1) is 0 Å². The minimum absolute atomic E-state index is 0.184. The molecule has 1 atom stereocenters. The lowest BCUT2D eigenvalue weighted by molar-refractivity contribution is -0.143. The average Bonchev–Trinajstić information content (AvgIpc) is 2.77. The van der Waals surface area contributed by atoms with Gasteiger partial charge in [-0.25, -0.2) is 4.79 Å². The van der Waals surface area contributed by atoms with Gasteiger partial charge >= 0.3 is 12.2 Å². The van der Waals surface area contributed by atoms with Crippen molar-refractivity contribution in [3.63, 3.8) is 0 Å². The van der Waals surface area contributed by atoms with Crippen molar-refractivity contribution in [3.05, 3.63) is 0 Å². The summed E-state index contributed by atoms with van der Waals surface area (Å²) in [6.07, 6.45) is 4.38. The number of nitrogens with zero attached hydrogens (tertiary/aromatic N) is 1. The van der Waals surface area contributed by atoms with Crippen LogP contribution in [0.25, 0.3) is 0 Å². The van der Waals surface area contributed by atoms with E-state index < -0.39 is 12.7 Å². The number of hydrogen-bond acceptors (Lipinski definition) is 2. The Morgan fingerprint density at radius 1 is 0.955 bits per heavy atom. The molecule has 2 fully saturated rings. The van der Waals surface area contributed by atoms with Crippen LogP contribution < -0.4 is 10.6 Å². The number of hydrogen-bond donors (Lipinski definition) is 2. The summed E-state index contributed by atoms with van der Waals surface area (Å²) < 4.78 is 37.0. The molecule has 0 bridgehead atoms. The summed E-state index contributed by atoms with van der Waals surface area (Å²) in [6.45, 7) is -0.235. The normalized spacial score (nSPS) is 25.5. The Balaban J connectivity index is 1.68. The monoisotopic (exact) mass is 321 g/mol. The van der Waals surface area contributed by atoms with Crippen molar-refractivity contribution < 1.29 is 18.0 Å². The third-order valence-electron chi connectivity index (χ3n) is 4.45. The van der Waals surface area contributed by atoms with Gasteiger partial charge in [0.15, 0.2) is 0 Å². The zero-order valence-corrected chi connectivity index (χ0v) is 12.9. The lowest BCUT2D eigenvalue weighted by Crippen LogP contribution is -2.47. The molecule has 0 aromatic heterocycles. The van der Waals surface area contributed by atoms with Gasteiger partial charge in [0.2, 0.25) is 0 Å². The molecular formula is C15H26F3N3O. The molecule has 128 valence electrons. The Hall–Kier alpha value is -0.980. The second-order valence-electron chi connectivity index (χ2n) is 6.50. The molecule has 1 saturated carbocycles. The van der Waals surface area contributed by atoms with Crippen LogP contribution in [0.2, 0.25) is 0 Å². The number of carbonyl (C=O) groups is 1. The standard InChI is InChI=1S/C15H26F3N3O/c16-15(17,18)11-21-9-8-13(10-21)20-14(22)19-12-6-4-2-1-3-5-7-12/h12-13H,1-11H2,(H2,19,20,22)/t13-/m0/s1. The number of carbonyl (C=O) groups excluding carboxylic acids is 1. The van der Waals surface area contributed by atoms with E-state index in [0.717, 1.165) is 25.7 Å². The van der Waals surface area contributed by atoms with Crippen LogP contribution in [-0.2, 0) is 0 Å². The molecule has 1 aliphatic carbocycles. The van der Waals surface area contributed by atoms with Crippen LogP contribution in [0.5, 0.6) is 0 Å². The van der Waals surface area contributed by atoms with E-state index in [1.54, 1.807) is 0 Å². The van der Waals surface area contributed by atoms with E-state index in [-0.39, 0.29) is 24.7 Å². The molecule has 0 unspecified atom stereocenters. The smallest absolute Gasteiger partial charge is 0.335 e. The number of urea groups is 1. The van der Waals surface area contributed by atoms with E-state index in [9.17, 15) is 18.0 Å². The molecular weight excluding hydrogens is 295 g/mol. The molecule has 4 nitrogen and oxygen atoms in total. The molecule has 1 heterocycles. The lowest BCUT2D eigenvalue weighted by atomic mass is 9.97. The van der Waals surface area contributed by atoms with Gasteiger partial charge in [0.1, 0.15) is 0 Å². The fourth-order valence-electron chi connectivity index (χ4n) is 3.36. The summed E-state index contributed by atoms with van der Waals surface area (Å²) in [5, 5.41) is 5.80. The van der Waals surface area contributed by atoms with Crippen molar-refractivity contribution in [2.24, 2.45) is 0 Å². The molecule has 0 aromatic rings. The van der Waals surface area contributed by atoms with E-state index in [1.807, 2.05) is 0 Å². The summed E-state index contributed by atoms with van der Waals surface area (Å²) in [6, 6.07) is -0.215. The van der Waals surface area contributed by atoms with Gasteiger partial charge in [-0.2, -0.15) is 13.2 Å². The first-order valence-corrected chi connectivity index (χ1v) is 8.28. The Morgan fingerprint density at radius 3 is 2.18 bits per heavy atom. The highest BCUT2D eigenvalue weighted by molar-refractivity contribution is 5.74. The number of halogens is 3. The molecule has 1 aliphatic heterocycles. The first-order chi connectivity index (χ1) is 10.4. The third-order valence-corrected chi connectivity index (χ3v) is 4.45. The van der Waals surface area contributed by atoms with Gasteiger partial charge in [-0.05, 0) is 19.3 Å². The van der Waals surface area contributed by atoms with Crippen molar-refractivity contribution in [1.29, 1.82) is 0 Å². The van der Waals surface area contributed by atoms with Crippen LogP contribution in [0.1, 0.15) is 51.4 Å². The molecule has 1 saturated heterocycles. The number of likely N-dealkylation sites (tertiary alicyclic amines) is 1. The van der Waals surface area contributed by atoms with Crippen molar-refractivity contribution in [2.45, 2.75) is 69.6 Å². The summed E-state index contributed by atoms with van der Waals surface area (Å²) in [4.78, 5) is 13.3. The average molecular weight is 321 g/mol. The van der Waals surface area contributed by atoms with Crippen LogP contribution in [0.4, 0.5) is 18.0 Å². The molecule has 0 radical (unpaired) electrons. The molecule has 7 heteroatoms. The Labute approximate surface area is 129 Å². The largest absolute Gasteiger partial charge is 0.401 e. The van der Waals surface area contributed by atoms with Gasteiger partial charge in [0, 0.05) is 25.2 Å².